The summed E-state index contributed by atoms with van der Waals surface area (Å²) in [5.74, 6) is 0. The number of hydrogen-bond donors (Lipinski definition) is 2. The van der Waals surface area contributed by atoms with E-state index >= 15 is 0 Å². The molecule has 0 amide bonds. The van der Waals surface area contributed by atoms with Crippen molar-refractivity contribution >= 4 is 11.8 Å². The molecule has 0 fully saturated rings. The second-order valence-electron chi connectivity index (χ2n) is 3.90. The van der Waals surface area contributed by atoms with Crippen molar-refractivity contribution in [3.63, 3.8) is 0 Å². The molecule has 5 nitrogen and oxygen atoms in total. The van der Waals surface area contributed by atoms with E-state index in [1.165, 1.54) is 11.8 Å². The molecule has 0 aliphatic heterocycles. The maximum absolute atomic E-state index is 11.4. The Kier molecular flexibility index (Phi) is 3.88. The number of benzene rings is 1. The minimum absolute atomic E-state index is 0.0405. The molecule has 0 saturated carbocycles. The first-order chi connectivity index (χ1) is 8.65. The number of aliphatic hydroxyl groups is 1. The van der Waals surface area contributed by atoms with Gasteiger partial charge in [-0.2, -0.15) is 0 Å². The summed E-state index contributed by atoms with van der Waals surface area (Å²) in [4.78, 5) is 12.4. The van der Waals surface area contributed by atoms with Crippen molar-refractivity contribution in [3.8, 4) is 0 Å². The summed E-state index contributed by atoms with van der Waals surface area (Å²) in [6, 6.07) is 5.79. The van der Waals surface area contributed by atoms with Crippen molar-refractivity contribution in [2.24, 2.45) is 0 Å². The smallest absolute Gasteiger partial charge is 0.343 e. The van der Waals surface area contributed by atoms with Gasteiger partial charge in [0.1, 0.15) is 0 Å². The first-order valence-corrected chi connectivity index (χ1v) is 6.50. The summed E-state index contributed by atoms with van der Waals surface area (Å²) in [5, 5.41) is 16.2. The van der Waals surface area contributed by atoms with Gasteiger partial charge in [-0.25, -0.2) is 9.89 Å². The van der Waals surface area contributed by atoms with Crippen LogP contribution in [-0.2, 0) is 13.2 Å². The third-order valence-electron chi connectivity index (χ3n) is 2.73. The molecular weight excluding hydrogens is 250 g/mol. The van der Waals surface area contributed by atoms with Crippen molar-refractivity contribution < 1.29 is 5.11 Å². The Morgan fingerprint density at radius 1 is 1.50 bits per heavy atom. The fourth-order valence-electron chi connectivity index (χ4n) is 1.67. The van der Waals surface area contributed by atoms with Crippen LogP contribution in [-0.4, -0.2) is 19.9 Å². The average Bonchev–Trinajstić information content (AvgIpc) is 2.70. The predicted molar refractivity (Wildman–Crippen MR) is 69.7 cm³/mol. The Hall–Kier alpha value is -1.53. The fraction of sp³-hybridized carbons (Fsp3) is 0.333. The molecule has 0 unspecified atom stereocenters. The molecule has 0 radical (unpaired) electrons. The summed E-state index contributed by atoms with van der Waals surface area (Å²) < 4.78 is 1.58. The molecule has 18 heavy (non-hydrogen) atoms. The molecule has 1 heterocycles. The van der Waals surface area contributed by atoms with Gasteiger partial charge >= 0.3 is 5.69 Å². The molecule has 0 bridgehead atoms. The Morgan fingerprint density at radius 2 is 2.28 bits per heavy atom. The van der Waals surface area contributed by atoms with E-state index in [1.54, 1.807) is 4.57 Å². The van der Waals surface area contributed by atoms with E-state index in [-0.39, 0.29) is 12.3 Å². The highest BCUT2D eigenvalue weighted by molar-refractivity contribution is 7.99. The van der Waals surface area contributed by atoms with Crippen LogP contribution >= 0.6 is 11.8 Å². The summed E-state index contributed by atoms with van der Waals surface area (Å²) in [5.41, 5.74) is 1.75. The standard InChI is InChI=1S/C12H15N3O2S/c1-3-15-11(17)13-14-12(15)18-10-5-4-9(7-16)8(2)6-10/h4-6,16H,3,7H2,1-2H3,(H,13,17). The molecule has 2 N–H and O–H groups in total. The minimum atomic E-state index is -0.191. The largest absolute Gasteiger partial charge is 0.392 e. The van der Waals surface area contributed by atoms with Crippen LogP contribution in [0.2, 0.25) is 0 Å². The highest BCUT2D eigenvalue weighted by Gasteiger charge is 2.09. The Balaban J connectivity index is 2.28. The van der Waals surface area contributed by atoms with Crippen LogP contribution < -0.4 is 5.69 Å². The Morgan fingerprint density at radius 3 is 2.89 bits per heavy atom. The third-order valence-corrected chi connectivity index (χ3v) is 3.72. The Labute approximate surface area is 109 Å². The maximum Gasteiger partial charge on any atom is 0.343 e. The molecule has 2 rings (SSSR count). The van der Waals surface area contributed by atoms with Gasteiger partial charge in [-0.15, -0.1) is 5.10 Å². The van der Waals surface area contributed by atoms with Crippen LogP contribution in [0.5, 0.6) is 0 Å². The van der Waals surface area contributed by atoms with Crippen LogP contribution in [0.1, 0.15) is 18.1 Å². The van der Waals surface area contributed by atoms with E-state index in [4.69, 9.17) is 5.11 Å². The number of H-pyrrole nitrogens is 1. The van der Waals surface area contributed by atoms with E-state index in [0.29, 0.717) is 11.7 Å². The van der Waals surface area contributed by atoms with E-state index in [0.717, 1.165) is 16.0 Å². The number of rotatable bonds is 4. The van der Waals surface area contributed by atoms with Gasteiger partial charge in [0.15, 0.2) is 5.16 Å². The molecular formula is C12H15N3O2S. The van der Waals surface area contributed by atoms with Crippen molar-refractivity contribution in [3.05, 3.63) is 39.8 Å². The van der Waals surface area contributed by atoms with Gasteiger partial charge in [-0.3, -0.25) is 4.57 Å². The third kappa shape index (κ3) is 2.49. The number of aromatic amines is 1. The highest BCUT2D eigenvalue weighted by atomic mass is 32.2. The van der Waals surface area contributed by atoms with Crippen molar-refractivity contribution in [2.45, 2.75) is 37.1 Å². The SMILES string of the molecule is CCn1c(Sc2ccc(CO)c(C)c2)n[nH]c1=O. The van der Waals surface area contributed by atoms with Crippen LogP contribution in [0.4, 0.5) is 0 Å². The monoisotopic (exact) mass is 265 g/mol. The van der Waals surface area contributed by atoms with E-state index in [9.17, 15) is 4.79 Å². The summed E-state index contributed by atoms with van der Waals surface area (Å²) in [7, 11) is 0. The molecule has 2 aromatic rings. The normalized spacial score (nSPS) is 10.8. The topological polar surface area (TPSA) is 70.9 Å². The van der Waals surface area contributed by atoms with Crippen molar-refractivity contribution in [2.75, 3.05) is 0 Å². The highest BCUT2D eigenvalue weighted by Crippen LogP contribution is 2.26. The molecule has 0 atom stereocenters. The number of aliphatic hydroxyl groups excluding tert-OH is 1. The second kappa shape index (κ2) is 5.41. The molecule has 6 heteroatoms. The first-order valence-electron chi connectivity index (χ1n) is 5.69. The van der Waals surface area contributed by atoms with Crippen LogP contribution in [0.25, 0.3) is 0 Å². The number of nitrogens with one attached hydrogen (secondary N) is 1. The van der Waals surface area contributed by atoms with Crippen molar-refractivity contribution in [1.82, 2.24) is 14.8 Å². The zero-order chi connectivity index (χ0) is 13.1. The molecule has 1 aromatic carbocycles. The maximum atomic E-state index is 11.4. The minimum Gasteiger partial charge on any atom is -0.392 e. The van der Waals surface area contributed by atoms with Gasteiger partial charge in [-0.1, -0.05) is 6.07 Å². The predicted octanol–water partition coefficient (Wildman–Crippen LogP) is 1.54. The van der Waals surface area contributed by atoms with Gasteiger partial charge in [0.25, 0.3) is 0 Å². The molecule has 0 spiro atoms. The molecule has 1 aromatic heterocycles. The summed E-state index contributed by atoms with van der Waals surface area (Å²) in [6.45, 7) is 4.48. The van der Waals surface area contributed by atoms with Crippen LogP contribution in [0.3, 0.4) is 0 Å². The lowest BCUT2D eigenvalue weighted by Gasteiger charge is -2.06. The molecule has 0 saturated heterocycles. The van der Waals surface area contributed by atoms with Gasteiger partial charge in [0.05, 0.1) is 6.61 Å². The number of nitrogens with zero attached hydrogens (tertiary/aromatic N) is 2. The molecule has 0 aliphatic rings. The van der Waals surface area contributed by atoms with Crippen LogP contribution in [0.15, 0.2) is 33.0 Å². The molecule has 96 valence electrons. The first kappa shape index (κ1) is 12.9. The van der Waals surface area contributed by atoms with Gasteiger partial charge < -0.3 is 5.11 Å². The second-order valence-corrected chi connectivity index (χ2v) is 4.94. The summed E-state index contributed by atoms with van der Waals surface area (Å²) in [6.07, 6.45) is 0. The zero-order valence-corrected chi connectivity index (χ0v) is 11.1. The number of aryl methyl sites for hydroxylation is 1. The number of aromatic nitrogens is 3. The quantitative estimate of drug-likeness (QED) is 0.879. The average molecular weight is 265 g/mol. The van der Waals surface area contributed by atoms with Gasteiger partial charge in [-0.05, 0) is 48.9 Å². The summed E-state index contributed by atoms with van der Waals surface area (Å²) >= 11 is 1.43. The van der Waals surface area contributed by atoms with Crippen molar-refractivity contribution in [1.29, 1.82) is 0 Å². The zero-order valence-electron chi connectivity index (χ0n) is 10.3. The van der Waals surface area contributed by atoms with E-state index in [2.05, 4.69) is 10.2 Å². The fourth-order valence-corrected chi connectivity index (χ4v) is 2.67. The van der Waals surface area contributed by atoms with Gasteiger partial charge in [0.2, 0.25) is 0 Å². The van der Waals surface area contributed by atoms with E-state index in [1.807, 2.05) is 32.0 Å². The lowest BCUT2D eigenvalue weighted by molar-refractivity contribution is 0.281. The molecule has 0 aliphatic carbocycles. The van der Waals surface area contributed by atoms with Crippen LogP contribution in [0, 0.1) is 6.92 Å². The lowest BCUT2D eigenvalue weighted by atomic mass is 10.1. The van der Waals surface area contributed by atoms with Gasteiger partial charge in [0, 0.05) is 11.4 Å². The number of hydrogen-bond acceptors (Lipinski definition) is 4. The lowest BCUT2D eigenvalue weighted by Crippen LogP contribution is -2.15. The Bertz CT molecular complexity index is 604. The van der Waals surface area contributed by atoms with E-state index < -0.39 is 0 Å².